The number of rotatable bonds is 11. The Morgan fingerprint density at radius 3 is 2.46 bits per heavy atom. The van der Waals surface area contributed by atoms with E-state index >= 15 is 0 Å². The first-order chi connectivity index (χ1) is 12.7. The van der Waals surface area contributed by atoms with Crippen LogP contribution in [0.2, 0.25) is 0 Å². The van der Waals surface area contributed by atoms with Crippen molar-refractivity contribution in [3.8, 4) is 11.5 Å². The highest BCUT2D eigenvalue weighted by Crippen LogP contribution is 2.36. The minimum atomic E-state index is 0.524. The Labute approximate surface area is 166 Å². The van der Waals surface area contributed by atoms with Gasteiger partial charge in [0.2, 0.25) is 0 Å². The van der Waals surface area contributed by atoms with E-state index < -0.39 is 0 Å². The van der Waals surface area contributed by atoms with Gasteiger partial charge in [0.05, 0.1) is 7.11 Å². The lowest BCUT2D eigenvalue weighted by molar-refractivity contribution is 0.280. The van der Waals surface area contributed by atoms with Crippen molar-refractivity contribution in [1.29, 1.82) is 0 Å². The molecule has 142 valence electrons. The Bertz CT molecular complexity index is 671. The van der Waals surface area contributed by atoms with E-state index in [-0.39, 0.29) is 0 Å². The minimum absolute atomic E-state index is 0.524. The van der Waals surface area contributed by atoms with Crippen molar-refractivity contribution >= 4 is 15.9 Å². The molecule has 0 saturated carbocycles. The van der Waals surface area contributed by atoms with Crippen LogP contribution in [0.4, 0.5) is 0 Å². The van der Waals surface area contributed by atoms with Gasteiger partial charge in [-0.2, -0.15) is 0 Å². The lowest BCUT2D eigenvalue weighted by atomic mass is 10.1. The molecule has 2 aromatic rings. The van der Waals surface area contributed by atoms with Crippen LogP contribution in [0.5, 0.6) is 11.5 Å². The standard InChI is InChI=1S/C22H30BrNO2/c1-4-5-6-7-14-24-15-19-20(23)12-13-21(25-3)22(19)26-16-18-10-8-17(2)9-11-18/h8-13,24H,4-7,14-16H2,1-3H3. The van der Waals surface area contributed by atoms with Crippen LogP contribution in [0.3, 0.4) is 0 Å². The van der Waals surface area contributed by atoms with E-state index in [0.717, 1.165) is 40.2 Å². The van der Waals surface area contributed by atoms with Crippen molar-refractivity contribution in [1.82, 2.24) is 5.32 Å². The average Bonchev–Trinajstić information content (AvgIpc) is 2.65. The second-order valence-electron chi connectivity index (χ2n) is 6.57. The lowest BCUT2D eigenvalue weighted by Crippen LogP contribution is -2.16. The van der Waals surface area contributed by atoms with E-state index in [1.807, 2.05) is 12.1 Å². The van der Waals surface area contributed by atoms with Gasteiger partial charge in [-0.25, -0.2) is 0 Å². The van der Waals surface area contributed by atoms with Crippen molar-refractivity contribution in [3.63, 3.8) is 0 Å². The van der Waals surface area contributed by atoms with Gasteiger partial charge in [0.1, 0.15) is 6.61 Å². The maximum Gasteiger partial charge on any atom is 0.167 e. The average molecular weight is 420 g/mol. The number of benzene rings is 2. The fourth-order valence-electron chi connectivity index (χ4n) is 2.80. The Kier molecular flexibility index (Phi) is 8.99. The number of nitrogens with one attached hydrogen (secondary N) is 1. The minimum Gasteiger partial charge on any atom is -0.493 e. The third-order valence-corrected chi connectivity index (χ3v) is 5.14. The molecule has 0 bridgehead atoms. The molecule has 0 aliphatic carbocycles. The molecule has 26 heavy (non-hydrogen) atoms. The first kappa shape index (κ1) is 20.8. The number of unbranched alkanes of at least 4 members (excludes halogenated alkanes) is 3. The van der Waals surface area contributed by atoms with Crippen LogP contribution in [-0.2, 0) is 13.2 Å². The van der Waals surface area contributed by atoms with E-state index in [1.54, 1.807) is 7.11 Å². The molecule has 0 aliphatic rings. The van der Waals surface area contributed by atoms with Gasteiger partial charge in [-0.3, -0.25) is 0 Å². The Hall–Kier alpha value is -1.52. The van der Waals surface area contributed by atoms with E-state index in [9.17, 15) is 0 Å². The monoisotopic (exact) mass is 419 g/mol. The zero-order valence-corrected chi connectivity index (χ0v) is 17.7. The van der Waals surface area contributed by atoms with Gasteiger partial charge in [-0.05, 0) is 37.6 Å². The molecule has 2 aromatic carbocycles. The summed E-state index contributed by atoms with van der Waals surface area (Å²) in [5.41, 5.74) is 3.50. The van der Waals surface area contributed by atoms with Gasteiger partial charge in [0, 0.05) is 16.6 Å². The number of hydrogen-bond donors (Lipinski definition) is 1. The van der Waals surface area contributed by atoms with Crippen molar-refractivity contribution in [2.45, 2.75) is 52.7 Å². The van der Waals surface area contributed by atoms with E-state index in [1.165, 1.54) is 31.2 Å². The quantitative estimate of drug-likeness (QED) is 0.451. The van der Waals surface area contributed by atoms with Gasteiger partial charge in [0.25, 0.3) is 0 Å². The number of aryl methyl sites for hydroxylation is 1. The van der Waals surface area contributed by atoms with Crippen molar-refractivity contribution in [3.05, 3.63) is 57.6 Å². The molecule has 2 rings (SSSR count). The smallest absolute Gasteiger partial charge is 0.167 e. The van der Waals surface area contributed by atoms with Crippen molar-refractivity contribution in [2.24, 2.45) is 0 Å². The third kappa shape index (κ3) is 6.33. The first-order valence-electron chi connectivity index (χ1n) is 9.40. The van der Waals surface area contributed by atoms with Crippen LogP contribution in [0, 0.1) is 6.92 Å². The molecule has 0 spiro atoms. The maximum atomic E-state index is 6.17. The molecule has 0 amide bonds. The van der Waals surface area contributed by atoms with Crippen molar-refractivity contribution < 1.29 is 9.47 Å². The summed E-state index contributed by atoms with van der Waals surface area (Å²) in [5, 5.41) is 3.53. The summed E-state index contributed by atoms with van der Waals surface area (Å²) in [5.74, 6) is 1.58. The van der Waals surface area contributed by atoms with E-state index in [4.69, 9.17) is 9.47 Å². The van der Waals surface area contributed by atoms with Crippen LogP contribution in [0.15, 0.2) is 40.9 Å². The summed E-state index contributed by atoms with van der Waals surface area (Å²) in [6, 6.07) is 12.4. The zero-order chi connectivity index (χ0) is 18.8. The molecular weight excluding hydrogens is 390 g/mol. The van der Waals surface area contributed by atoms with Crippen molar-refractivity contribution in [2.75, 3.05) is 13.7 Å². The first-order valence-corrected chi connectivity index (χ1v) is 10.2. The van der Waals surface area contributed by atoms with E-state index in [2.05, 4.69) is 59.4 Å². The summed E-state index contributed by atoms with van der Waals surface area (Å²) in [6.45, 7) is 6.62. The summed E-state index contributed by atoms with van der Waals surface area (Å²) >= 11 is 3.66. The number of hydrogen-bond acceptors (Lipinski definition) is 3. The highest BCUT2D eigenvalue weighted by atomic mass is 79.9. The molecule has 0 fully saturated rings. The number of methoxy groups -OCH3 is 1. The molecule has 0 unspecified atom stereocenters. The molecule has 0 saturated heterocycles. The largest absolute Gasteiger partial charge is 0.493 e. The maximum absolute atomic E-state index is 6.17. The van der Waals surface area contributed by atoms with Gasteiger partial charge in [-0.15, -0.1) is 0 Å². The van der Waals surface area contributed by atoms with Crippen LogP contribution in [0.1, 0.15) is 49.3 Å². The second kappa shape index (κ2) is 11.2. The summed E-state index contributed by atoms with van der Waals surface area (Å²) in [7, 11) is 1.68. The van der Waals surface area contributed by atoms with Crippen LogP contribution < -0.4 is 14.8 Å². The topological polar surface area (TPSA) is 30.5 Å². The Morgan fingerprint density at radius 2 is 1.77 bits per heavy atom. The van der Waals surface area contributed by atoms with Crippen LogP contribution in [-0.4, -0.2) is 13.7 Å². The van der Waals surface area contributed by atoms with Crippen LogP contribution in [0.25, 0.3) is 0 Å². The summed E-state index contributed by atoms with van der Waals surface area (Å²) in [6.07, 6.45) is 5.04. The zero-order valence-electron chi connectivity index (χ0n) is 16.1. The highest BCUT2D eigenvalue weighted by Gasteiger charge is 2.14. The normalized spacial score (nSPS) is 10.8. The molecule has 0 aromatic heterocycles. The van der Waals surface area contributed by atoms with Gasteiger partial charge < -0.3 is 14.8 Å². The molecular formula is C22H30BrNO2. The number of ether oxygens (including phenoxy) is 2. The lowest BCUT2D eigenvalue weighted by Gasteiger charge is -2.17. The number of halogens is 1. The van der Waals surface area contributed by atoms with Crippen LogP contribution >= 0.6 is 15.9 Å². The molecule has 1 N–H and O–H groups in total. The predicted octanol–water partition coefficient (Wildman–Crippen LogP) is 6.02. The molecule has 4 heteroatoms. The second-order valence-corrected chi connectivity index (χ2v) is 7.42. The molecule has 3 nitrogen and oxygen atoms in total. The fourth-order valence-corrected chi connectivity index (χ4v) is 3.25. The van der Waals surface area contributed by atoms with Gasteiger partial charge in [-0.1, -0.05) is 71.9 Å². The third-order valence-electron chi connectivity index (χ3n) is 4.40. The van der Waals surface area contributed by atoms with Gasteiger partial charge >= 0.3 is 0 Å². The molecule has 0 heterocycles. The van der Waals surface area contributed by atoms with Gasteiger partial charge in [0.15, 0.2) is 11.5 Å². The molecule has 0 radical (unpaired) electrons. The fraction of sp³-hybridized carbons (Fsp3) is 0.455. The Balaban J connectivity index is 2.04. The highest BCUT2D eigenvalue weighted by molar-refractivity contribution is 9.10. The van der Waals surface area contributed by atoms with E-state index in [0.29, 0.717) is 6.61 Å². The summed E-state index contributed by atoms with van der Waals surface area (Å²) < 4.78 is 12.7. The predicted molar refractivity (Wildman–Crippen MR) is 112 cm³/mol. The SMILES string of the molecule is CCCCCCNCc1c(Br)ccc(OC)c1OCc1ccc(C)cc1. The molecule has 0 aliphatic heterocycles. The summed E-state index contributed by atoms with van der Waals surface area (Å²) in [4.78, 5) is 0. The Morgan fingerprint density at radius 1 is 1.00 bits per heavy atom. The molecule has 0 atom stereocenters.